The third-order valence-electron chi connectivity index (χ3n) is 4.97. The van der Waals surface area contributed by atoms with Crippen molar-refractivity contribution in [3.05, 3.63) is 60.2 Å². The van der Waals surface area contributed by atoms with Gasteiger partial charge in [-0.25, -0.2) is 0 Å². The molecule has 0 unspecified atom stereocenters. The van der Waals surface area contributed by atoms with Crippen molar-refractivity contribution in [3.63, 3.8) is 0 Å². The number of hydrogen-bond acceptors (Lipinski definition) is 2. The lowest BCUT2D eigenvalue weighted by atomic mass is 9.89. The van der Waals surface area contributed by atoms with Crippen molar-refractivity contribution in [2.45, 2.75) is 44.7 Å². The predicted molar refractivity (Wildman–Crippen MR) is 98.8 cm³/mol. The van der Waals surface area contributed by atoms with Crippen molar-refractivity contribution in [1.82, 2.24) is 4.90 Å². The first-order chi connectivity index (χ1) is 11.7. The van der Waals surface area contributed by atoms with Gasteiger partial charge in [-0.3, -0.25) is 4.79 Å². The average Bonchev–Trinajstić information content (AvgIpc) is 2.63. The largest absolute Gasteiger partial charge is 0.336 e. The first-order valence-corrected chi connectivity index (χ1v) is 8.91. The predicted octanol–water partition coefficient (Wildman–Crippen LogP) is 4.09. The van der Waals surface area contributed by atoms with Crippen LogP contribution < -0.4 is 5.73 Å². The Morgan fingerprint density at radius 2 is 1.79 bits per heavy atom. The van der Waals surface area contributed by atoms with E-state index in [-0.39, 0.29) is 18.0 Å². The highest BCUT2D eigenvalue weighted by Crippen LogP contribution is 2.28. The molecule has 0 saturated heterocycles. The molecule has 1 aliphatic rings. The molecular formula is C21H26N2O. The van der Waals surface area contributed by atoms with Gasteiger partial charge in [-0.05, 0) is 49.8 Å². The fraction of sp³-hybridized carbons (Fsp3) is 0.381. The third kappa shape index (κ3) is 3.51. The van der Waals surface area contributed by atoms with Crippen LogP contribution in [0.2, 0.25) is 0 Å². The van der Waals surface area contributed by atoms with Gasteiger partial charge in [0.15, 0.2) is 0 Å². The van der Waals surface area contributed by atoms with Gasteiger partial charge in [-0.15, -0.1) is 0 Å². The van der Waals surface area contributed by atoms with Crippen LogP contribution in [0.3, 0.4) is 0 Å². The Hall–Kier alpha value is -2.13. The first-order valence-electron chi connectivity index (χ1n) is 8.91. The van der Waals surface area contributed by atoms with E-state index in [0.717, 1.165) is 48.9 Å². The van der Waals surface area contributed by atoms with Gasteiger partial charge in [0.2, 0.25) is 0 Å². The lowest BCUT2D eigenvalue weighted by Crippen LogP contribution is -2.45. The molecule has 0 spiro atoms. The number of hydrogen-bond donors (Lipinski definition) is 1. The number of rotatable bonds is 4. The Bertz CT molecular complexity index is 683. The molecule has 0 bridgehead atoms. The molecule has 2 atom stereocenters. The highest BCUT2D eigenvalue weighted by molar-refractivity contribution is 6.01. The van der Waals surface area contributed by atoms with Gasteiger partial charge >= 0.3 is 0 Å². The topological polar surface area (TPSA) is 46.3 Å². The molecule has 0 aliphatic heterocycles. The van der Waals surface area contributed by atoms with E-state index in [1.807, 2.05) is 47.4 Å². The van der Waals surface area contributed by atoms with Gasteiger partial charge in [-0.2, -0.15) is 0 Å². The quantitative estimate of drug-likeness (QED) is 0.921. The van der Waals surface area contributed by atoms with Crippen LogP contribution in [0.15, 0.2) is 54.6 Å². The molecule has 3 heteroatoms. The van der Waals surface area contributed by atoms with E-state index in [2.05, 4.69) is 19.1 Å². The summed E-state index contributed by atoms with van der Waals surface area (Å²) in [6.07, 6.45) is 4.15. The monoisotopic (exact) mass is 322 g/mol. The SMILES string of the molecule is CCN(C(=O)c1ccccc1-c1ccccc1)[C@@H]1CCC[C@H](N)C1. The maximum atomic E-state index is 13.3. The minimum absolute atomic E-state index is 0.121. The molecular weight excluding hydrogens is 296 g/mol. The molecule has 24 heavy (non-hydrogen) atoms. The summed E-state index contributed by atoms with van der Waals surface area (Å²) < 4.78 is 0. The second-order valence-corrected chi connectivity index (χ2v) is 6.58. The number of benzene rings is 2. The summed E-state index contributed by atoms with van der Waals surface area (Å²) in [4.78, 5) is 15.3. The Balaban J connectivity index is 1.91. The minimum Gasteiger partial charge on any atom is -0.336 e. The second-order valence-electron chi connectivity index (χ2n) is 6.58. The van der Waals surface area contributed by atoms with Crippen LogP contribution in [0.1, 0.15) is 43.0 Å². The van der Waals surface area contributed by atoms with E-state index in [1.165, 1.54) is 0 Å². The molecule has 0 heterocycles. The van der Waals surface area contributed by atoms with Crippen LogP contribution >= 0.6 is 0 Å². The number of carbonyl (C=O) groups excluding carboxylic acids is 1. The van der Waals surface area contributed by atoms with E-state index in [0.29, 0.717) is 0 Å². The molecule has 2 aromatic carbocycles. The Morgan fingerprint density at radius 3 is 2.50 bits per heavy atom. The van der Waals surface area contributed by atoms with E-state index in [9.17, 15) is 4.79 Å². The van der Waals surface area contributed by atoms with Gasteiger partial charge in [0.1, 0.15) is 0 Å². The smallest absolute Gasteiger partial charge is 0.254 e. The average molecular weight is 322 g/mol. The molecule has 3 nitrogen and oxygen atoms in total. The fourth-order valence-corrected chi connectivity index (χ4v) is 3.75. The van der Waals surface area contributed by atoms with Crippen molar-refractivity contribution in [2.24, 2.45) is 5.73 Å². The van der Waals surface area contributed by atoms with Crippen LogP contribution in [-0.2, 0) is 0 Å². The number of nitrogens with two attached hydrogens (primary N) is 1. The van der Waals surface area contributed by atoms with Crippen LogP contribution in [0.5, 0.6) is 0 Å². The molecule has 1 aliphatic carbocycles. The Labute approximate surface area is 144 Å². The van der Waals surface area contributed by atoms with E-state index in [1.54, 1.807) is 0 Å². The van der Waals surface area contributed by atoms with Gasteiger partial charge in [0, 0.05) is 24.2 Å². The normalized spacial score (nSPS) is 20.6. The van der Waals surface area contributed by atoms with Gasteiger partial charge in [-0.1, -0.05) is 48.5 Å². The highest BCUT2D eigenvalue weighted by Gasteiger charge is 2.28. The van der Waals surface area contributed by atoms with E-state index < -0.39 is 0 Å². The van der Waals surface area contributed by atoms with Crippen molar-refractivity contribution < 1.29 is 4.79 Å². The standard InChI is InChI=1S/C21H26N2O/c1-2-23(18-12-8-11-17(22)15-18)21(24)20-14-7-6-13-19(20)16-9-4-3-5-10-16/h3-7,9-10,13-14,17-18H,2,8,11-12,15,22H2,1H3/t17-,18+/m0/s1. The summed E-state index contributed by atoms with van der Waals surface area (Å²) in [5.74, 6) is 0.121. The van der Waals surface area contributed by atoms with Gasteiger partial charge < -0.3 is 10.6 Å². The molecule has 2 aromatic rings. The van der Waals surface area contributed by atoms with Crippen LogP contribution in [0.25, 0.3) is 11.1 Å². The molecule has 1 saturated carbocycles. The summed E-state index contributed by atoms with van der Waals surface area (Å²) in [5, 5.41) is 0. The highest BCUT2D eigenvalue weighted by atomic mass is 16.2. The van der Waals surface area contributed by atoms with Gasteiger partial charge in [0.25, 0.3) is 5.91 Å². The van der Waals surface area contributed by atoms with E-state index in [4.69, 9.17) is 5.73 Å². The molecule has 0 aromatic heterocycles. The first kappa shape index (κ1) is 16.7. The molecule has 1 amide bonds. The number of nitrogens with zero attached hydrogens (tertiary/aromatic N) is 1. The van der Waals surface area contributed by atoms with Crippen molar-refractivity contribution in [2.75, 3.05) is 6.54 Å². The van der Waals surface area contributed by atoms with Crippen LogP contribution in [-0.4, -0.2) is 29.4 Å². The van der Waals surface area contributed by atoms with Gasteiger partial charge in [0.05, 0.1) is 0 Å². The summed E-state index contributed by atoms with van der Waals surface area (Å²) >= 11 is 0. The second kappa shape index (κ2) is 7.63. The number of carbonyl (C=O) groups is 1. The zero-order valence-corrected chi connectivity index (χ0v) is 14.3. The van der Waals surface area contributed by atoms with Crippen molar-refractivity contribution in [3.8, 4) is 11.1 Å². The zero-order chi connectivity index (χ0) is 16.9. The summed E-state index contributed by atoms with van der Waals surface area (Å²) in [6.45, 7) is 2.78. The van der Waals surface area contributed by atoms with Crippen molar-refractivity contribution in [1.29, 1.82) is 0 Å². The summed E-state index contributed by atoms with van der Waals surface area (Å²) in [7, 11) is 0. The zero-order valence-electron chi connectivity index (χ0n) is 14.3. The molecule has 2 N–H and O–H groups in total. The minimum atomic E-state index is 0.121. The van der Waals surface area contributed by atoms with Crippen LogP contribution in [0, 0.1) is 0 Å². The lowest BCUT2D eigenvalue weighted by Gasteiger charge is -2.36. The molecule has 0 radical (unpaired) electrons. The molecule has 3 rings (SSSR count). The summed E-state index contributed by atoms with van der Waals surface area (Å²) in [5.41, 5.74) is 9.00. The Kier molecular flexibility index (Phi) is 5.31. The number of amides is 1. The Morgan fingerprint density at radius 1 is 1.08 bits per heavy atom. The summed E-state index contributed by atoms with van der Waals surface area (Å²) in [6, 6.07) is 18.5. The van der Waals surface area contributed by atoms with Crippen LogP contribution in [0.4, 0.5) is 0 Å². The molecule has 1 fully saturated rings. The fourth-order valence-electron chi connectivity index (χ4n) is 3.75. The third-order valence-corrected chi connectivity index (χ3v) is 4.97. The maximum absolute atomic E-state index is 13.3. The maximum Gasteiger partial charge on any atom is 0.254 e. The molecule has 126 valence electrons. The van der Waals surface area contributed by atoms with E-state index >= 15 is 0 Å². The lowest BCUT2D eigenvalue weighted by molar-refractivity contribution is 0.0639. The van der Waals surface area contributed by atoms with Crippen molar-refractivity contribution >= 4 is 5.91 Å².